The van der Waals surface area contributed by atoms with E-state index in [1.807, 2.05) is 19.1 Å². The lowest BCUT2D eigenvalue weighted by Gasteiger charge is -2.48. The molecule has 0 radical (unpaired) electrons. The van der Waals surface area contributed by atoms with Crippen LogP contribution in [0.25, 0.3) is 0 Å². The van der Waals surface area contributed by atoms with Crippen molar-refractivity contribution in [1.29, 1.82) is 0 Å². The van der Waals surface area contributed by atoms with Crippen LogP contribution in [-0.4, -0.2) is 36.2 Å². The fourth-order valence-corrected chi connectivity index (χ4v) is 3.74. The van der Waals surface area contributed by atoms with Gasteiger partial charge in [0.1, 0.15) is 18.3 Å². The van der Waals surface area contributed by atoms with E-state index in [9.17, 15) is 14.4 Å². The summed E-state index contributed by atoms with van der Waals surface area (Å²) in [7, 11) is 0. The maximum Gasteiger partial charge on any atom is 0.303 e. The third-order valence-electron chi connectivity index (χ3n) is 4.64. The van der Waals surface area contributed by atoms with E-state index in [-0.39, 0.29) is 35.3 Å². The average molecular weight is 354 g/mol. The monoisotopic (exact) mass is 354 g/mol. The van der Waals surface area contributed by atoms with Gasteiger partial charge < -0.3 is 14.2 Å². The highest BCUT2D eigenvalue weighted by Crippen LogP contribution is 2.47. The first-order valence-corrected chi connectivity index (χ1v) is 8.64. The Labute approximate surface area is 149 Å². The Bertz CT molecular complexity index is 536. The molecule has 1 aliphatic carbocycles. The number of hydrogen-bond acceptors (Lipinski definition) is 6. The molecule has 1 rings (SSSR count). The van der Waals surface area contributed by atoms with Gasteiger partial charge in [0.2, 0.25) is 0 Å². The smallest absolute Gasteiger partial charge is 0.303 e. The maximum absolute atomic E-state index is 11.5. The number of rotatable bonds is 5. The minimum absolute atomic E-state index is 0.0576. The lowest BCUT2D eigenvalue weighted by atomic mass is 9.62. The predicted octanol–water partition coefficient (Wildman–Crippen LogP) is 3.04. The van der Waals surface area contributed by atoms with Crippen molar-refractivity contribution < 1.29 is 28.6 Å². The molecule has 25 heavy (non-hydrogen) atoms. The molecule has 0 spiro atoms. The highest BCUT2D eigenvalue weighted by atomic mass is 16.6. The Morgan fingerprint density at radius 2 is 1.60 bits per heavy atom. The molecule has 0 aromatic carbocycles. The van der Waals surface area contributed by atoms with Crippen LogP contribution in [0.15, 0.2) is 12.2 Å². The lowest BCUT2D eigenvalue weighted by Crippen LogP contribution is -2.52. The molecule has 0 amide bonds. The van der Waals surface area contributed by atoms with Gasteiger partial charge in [0, 0.05) is 26.7 Å². The van der Waals surface area contributed by atoms with Crippen LogP contribution in [0.5, 0.6) is 0 Å². The standard InChI is InChI=1S/C19H30O6/c1-11(23-13(3)20)8-9-16-12(2)18(25-15(5)22)17(24-14(4)21)10-19(16,6)7/h8-9,11-12,16-18H,10H2,1-7H3/b9-8+/t11-,12-,16-,17-,18-/m0/s1. The number of esters is 3. The molecular formula is C19H30O6. The fraction of sp³-hybridized carbons (Fsp3) is 0.737. The first-order valence-electron chi connectivity index (χ1n) is 8.64. The van der Waals surface area contributed by atoms with Gasteiger partial charge in [-0.25, -0.2) is 0 Å². The first-order chi connectivity index (χ1) is 11.4. The fourth-order valence-electron chi connectivity index (χ4n) is 3.74. The van der Waals surface area contributed by atoms with E-state index in [1.54, 1.807) is 6.92 Å². The molecule has 0 saturated heterocycles. The SMILES string of the molecule is CC(=O)O[C@H]1[C@@H](C)[C@H](/C=C/[C@H](C)OC(C)=O)C(C)(C)C[C@@H]1OC(C)=O. The van der Waals surface area contributed by atoms with Crippen molar-refractivity contribution in [2.24, 2.45) is 17.3 Å². The topological polar surface area (TPSA) is 78.9 Å². The summed E-state index contributed by atoms with van der Waals surface area (Å²) in [6, 6.07) is 0. The van der Waals surface area contributed by atoms with Crippen molar-refractivity contribution in [3.8, 4) is 0 Å². The highest BCUT2D eigenvalue weighted by molar-refractivity contribution is 5.67. The van der Waals surface area contributed by atoms with Crippen molar-refractivity contribution in [2.75, 3.05) is 0 Å². The van der Waals surface area contributed by atoms with E-state index < -0.39 is 18.2 Å². The molecule has 1 fully saturated rings. The molecule has 0 aliphatic heterocycles. The number of allylic oxidation sites excluding steroid dienone is 1. The van der Waals surface area contributed by atoms with Crippen LogP contribution in [0.4, 0.5) is 0 Å². The van der Waals surface area contributed by atoms with Gasteiger partial charge in [0.15, 0.2) is 0 Å². The average Bonchev–Trinajstić information content (AvgIpc) is 2.40. The van der Waals surface area contributed by atoms with Crippen molar-refractivity contribution >= 4 is 17.9 Å². The van der Waals surface area contributed by atoms with Crippen LogP contribution in [0.3, 0.4) is 0 Å². The number of carbonyl (C=O) groups excluding carboxylic acids is 3. The largest absolute Gasteiger partial charge is 0.459 e. The lowest BCUT2D eigenvalue weighted by molar-refractivity contribution is -0.184. The molecule has 0 unspecified atom stereocenters. The van der Waals surface area contributed by atoms with Gasteiger partial charge in [-0.05, 0) is 30.8 Å². The normalized spacial score (nSPS) is 29.7. The molecule has 0 heterocycles. The van der Waals surface area contributed by atoms with Crippen LogP contribution >= 0.6 is 0 Å². The van der Waals surface area contributed by atoms with Gasteiger partial charge in [-0.1, -0.05) is 26.8 Å². The summed E-state index contributed by atoms with van der Waals surface area (Å²) in [5.74, 6) is -1.10. The Morgan fingerprint density at radius 3 is 2.08 bits per heavy atom. The second kappa shape index (κ2) is 8.50. The van der Waals surface area contributed by atoms with Crippen LogP contribution < -0.4 is 0 Å². The van der Waals surface area contributed by atoms with E-state index in [1.165, 1.54) is 20.8 Å². The number of hydrogen-bond donors (Lipinski definition) is 0. The first kappa shape index (κ1) is 21.2. The summed E-state index contributed by atoms with van der Waals surface area (Å²) in [5.41, 5.74) is -0.178. The minimum Gasteiger partial charge on any atom is -0.459 e. The third kappa shape index (κ3) is 6.18. The Morgan fingerprint density at radius 1 is 1.04 bits per heavy atom. The van der Waals surface area contributed by atoms with E-state index in [2.05, 4.69) is 13.8 Å². The molecule has 0 aromatic heterocycles. The number of ether oxygens (including phenoxy) is 3. The Hall–Kier alpha value is -1.85. The van der Waals surface area contributed by atoms with E-state index in [0.29, 0.717) is 6.42 Å². The molecule has 5 atom stereocenters. The zero-order valence-corrected chi connectivity index (χ0v) is 16.2. The summed E-state index contributed by atoms with van der Waals surface area (Å²) in [5, 5.41) is 0. The maximum atomic E-state index is 11.5. The Balaban J connectivity index is 3.04. The number of carbonyl (C=O) groups is 3. The quantitative estimate of drug-likeness (QED) is 0.429. The van der Waals surface area contributed by atoms with Crippen LogP contribution in [0.1, 0.15) is 54.9 Å². The summed E-state index contributed by atoms with van der Waals surface area (Å²) in [6.45, 7) is 12.0. The minimum atomic E-state index is -0.506. The molecule has 6 heteroatoms. The van der Waals surface area contributed by atoms with Crippen molar-refractivity contribution in [3.05, 3.63) is 12.2 Å². The zero-order valence-electron chi connectivity index (χ0n) is 16.2. The van der Waals surface area contributed by atoms with Gasteiger partial charge in [0.25, 0.3) is 0 Å². The molecule has 1 aliphatic rings. The van der Waals surface area contributed by atoms with Crippen LogP contribution in [0, 0.1) is 17.3 Å². The zero-order chi connectivity index (χ0) is 19.4. The van der Waals surface area contributed by atoms with Gasteiger partial charge in [-0.2, -0.15) is 0 Å². The molecule has 0 N–H and O–H groups in total. The molecule has 6 nitrogen and oxygen atoms in total. The molecule has 0 bridgehead atoms. The summed E-state index contributed by atoms with van der Waals surface area (Å²) in [6.07, 6.45) is 3.13. The van der Waals surface area contributed by atoms with Gasteiger partial charge in [0.05, 0.1) is 0 Å². The van der Waals surface area contributed by atoms with Crippen LogP contribution in [0.2, 0.25) is 0 Å². The summed E-state index contributed by atoms with van der Waals surface area (Å²) >= 11 is 0. The predicted molar refractivity (Wildman–Crippen MR) is 92.5 cm³/mol. The second-order valence-corrected chi connectivity index (χ2v) is 7.50. The Kier molecular flexibility index (Phi) is 7.20. The van der Waals surface area contributed by atoms with Crippen molar-refractivity contribution in [3.63, 3.8) is 0 Å². The van der Waals surface area contributed by atoms with Crippen LogP contribution in [-0.2, 0) is 28.6 Å². The van der Waals surface area contributed by atoms with E-state index >= 15 is 0 Å². The second-order valence-electron chi connectivity index (χ2n) is 7.50. The van der Waals surface area contributed by atoms with E-state index in [4.69, 9.17) is 14.2 Å². The van der Waals surface area contributed by atoms with Gasteiger partial charge in [-0.15, -0.1) is 0 Å². The summed E-state index contributed by atoms with van der Waals surface area (Å²) < 4.78 is 16.0. The van der Waals surface area contributed by atoms with Gasteiger partial charge in [-0.3, -0.25) is 14.4 Å². The van der Waals surface area contributed by atoms with Gasteiger partial charge >= 0.3 is 17.9 Å². The van der Waals surface area contributed by atoms with E-state index in [0.717, 1.165) is 0 Å². The van der Waals surface area contributed by atoms with Crippen molar-refractivity contribution in [1.82, 2.24) is 0 Å². The molecule has 0 aromatic rings. The highest BCUT2D eigenvalue weighted by Gasteiger charge is 2.48. The molecule has 142 valence electrons. The molecule has 1 saturated carbocycles. The van der Waals surface area contributed by atoms with Crippen molar-refractivity contribution in [2.45, 2.75) is 73.2 Å². The third-order valence-corrected chi connectivity index (χ3v) is 4.64. The summed E-state index contributed by atoms with van der Waals surface area (Å²) in [4.78, 5) is 34.0. The molecular weight excluding hydrogens is 324 g/mol.